The summed E-state index contributed by atoms with van der Waals surface area (Å²) in [5.41, 5.74) is 7.15. The molecule has 1 saturated carbocycles. The number of amides is 1. The van der Waals surface area contributed by atoms with Gasteiger partial charge in [0.2, 0.25) is 5.91 Å². The van der Waals surface area contributed by atoms with Crippen LogP contribution in [-0.4, -0.2) is 37.0 Å². The van der Waals surface area contributed by atoms with Crippen molar-refractivity contribution >= 4 is 5.91 Å². The zero-order valence-corrected chi connectivity index (χ0v) is 12.3. The number of hydrogen-bond acceptors (Lipinski definition) is 3. The highest BCUT2D eigenvalue weighted by molar-refractivity contribution is 5.79. The minimum absolute atomic E-state index is 0.119. The lowest BCUT2D eigenvalue weighted by Gasteiger charge is -2.36. The van der Waals surface area contributed by atoms with Crippen LogP contribution in [0.2, 0.25) is 0 Å². The van der Waals surface area contributed by atoms with Gasteiger partial charge in [-0.2, -0.15) is 0 Å². The van der Waals surface area contributed by atoms with E-state index in [-0.39, 0.29) is 18.0 Å². The van der Waals surface area contributed by atoms with Gasteiger partial charge in [0.25, 0.3) is 0 Å². The van der Waals surface area contributed by atoms with Gasteiger partial charge in [-0.1, -0.05) is 25.0 Å². The summed E-state index contributed by atoms with van der Waals surface area (Å²) in [6, 6.07) is 7.95. The molecule has 20 heavy (non-hydrogen) atoms. The molecule has 110 valence electrons. The molecule has 2 unspecified atom stereocenters. The summed E-state index contributed by atoms with van der Waals surface area (Å²) < 4.78 is 5.12. The maximum absolute atomic E-state index is 12.4. The van der Waals surface area contributed by atoms with Gasteiger partial charge in [0.15, 0.2) is 0 Å². The lowest BCUT2D eigenvalue weighted by atomic mass is 9.90. The molecule has 2 atom stereocenters. The molecule has 0 bridgehead atoms. The summed E-state index contributed by atoms with van der Waals surface area (Å²) in [5, 5.41) is 0. The molecule has 1 aliphatic carbocycles. The number of rotatable bonds is 4. The zero-order chi connectivity index (χ0) is 14.5. The molecule has 0 radical (unpaired) electrons. The zero-order valence-electron chi connectivity index (χ0n) is 12.3. The van der Waals surface area contributed by atoms with E-state index < -0.39 is 0 Å². The van der Waals surface area contributed by atoms with Crippen molar-refractivity contribution in [2.75, 3.05) is 14.2 Å². The molecule has 0 heterocycles. The van der Waals surface area contributed by atoms with E-state index in [9.17, 15) is 4.79 Å². The predicted octanol–water partition coefficient (Wildman–Crippen LogP) is 1.97. The molecule has 1 aliphatic rings. The summed E-state index contributed by atoms with van der Waals surface area (Å²) in [4.78, 5) is 14.2. The van der Waals surface area contributed by atoms with Crippen molar-refractivity contribution in [1.82, 2.24) is 4.90 Å². The average Bonchev–Trinajstić information content (AvgIpc) is 2.48. The molecule has 1 aromatic rings. The van der Waals surface area contributed by atoms with Crippen LogP contribution < -0.4 is 10.5 Å². The van der Waals surface area contributed by atoms with Crippen molar-refractivity contribution in [3.05, 3.63) is 29.8 Å². The Hall–Kier alpha value is -1.55. The number of carbonyl (C=O) groups is 1. The predicted molar refractivity (Wildman–Crippen MR) is 79.7 cm³/mol. The normalized spacial score (nSPS) is 22.4. The van der Waals surface area contributed by atoms with Gasteiger partial charge >= 0.3 is 0 Å². The number of benzene rings is 1. The first-order chi connectivity index (χ1) is 9.61. The molecule has 0 aliphatic heterocycles. The van der Waals surface area contributed by atoms with Gasteiger partial charge in [0.05, 0.1) is 13.5 Å². The van der Waals surface area contributed by atoms with E-state index in [1.54, 1.807) is 7.11 Å². The molecule has 2 N–H and O–H groups in total. The Morgan fingerprint density at radius 3 is 2.55 bits per heavy atom. The highest BCUT2D eigenvalue weighted by Crippen LogP contribution is 2.22. The van der Waals surface area contributed by atoms with Crippen LogP contribution in [0, 0.1) is 0 Å². The average molecular weight is 276 g/mol. The lowest BCUT2D eigenvalue weighted by molar-refractivity contribution is -0.132. The maximum Gasteiger partial charge on any atom is 0.227 e. The van der Waals surface area contributed by atoms with E-state index in [0.29, 0.717) is 6.42 Å². The van der Waals surface area contributed by atoms with Gasteiger partial charge in [0.1, 0.15) is 5.75 Å². The fourth-order valence-corrected chi connectivity index (χ4v) is 2.85. The highest BCUT2D eigenvalue weighted by Gasteiger charge is 2.28. The Morgan fingerprint density at radius 2 is 1.95 bits per heavy atom. The van der Waals surface area contributed by atoms with Gasteiger partial charge < -0.3 is 15.4 Å². The molecule has 0 aromatic heterocycles. The van der Waals surface area contributed by atoms with Crippen molar-refractivity contribution in [1.29, 1.82) is 0 Å². The Labute approximate surface area is 120 Å². The Balaban J connectivity index is 1.95. The molecule has 1 fully saturated rings. The van der Waals surface area contributed by atoms with E-state index >= 15 is 0 Å². The van der Waals surface area contributed by atoms with Crippen LogP contribution in [0.15, 0.2) is 24.3 Å². The highest BCUT2D eigenvalue weighted by atomic mass is 16.5. The maximum atomic E-state index is 12.4. The smallest absolute Gasteiger partial charge is 0.227 e. The number of likely N-dealkylation sites (N-methyl/N-ethyl adjacent to an activating group) is 1. The Bertz CT molecular complexity index is 444. The Morgan fingerprint density at radius 1 is 1.30 bits per heavy atom. The molecular weight excluding hydrogens is 252 g/mol. The van der Waals surface area contributed by atoms with Crippen LogP contribution in [-0.2, 0) is 11.2 Å². The quantitative estimate of drug-likeness (QED) is 0.914. The summed E-state index contributed by atoms with van der Waals surface area (Å²) in [5.74, 6) is 0.946. The van der Waals surface area contributed by atoms with Crippen molar-refractivity contribution in [2.24, 2.45) is 5.73 Å². The minimum atomic E-state index is 0.119. The van der Waals surface area contributed by atoms with Crippen LogP contribution >= 0.6 is 0 Å². The van der Waals surface area contributed by atoms with Gasteiger partial charge in [-0.05, 0) is 30.5 Å². The molecule has 2 rings (SSSR count). The lowest BCUT2D eigenvalue weighted by Crippen LogP contribution is -2.50. The van der Waals surface area contributed by atoms with E-state index in [0.717, 1.165) is 24.2 Å². The van der Waals surface area contributed by atoms with Crippen molar-refractivity contribution < 1.29 is 9.53 Å². The number of hydrogen-bond donors (Lipinski definition) is 1. The van der Waals surface area contributed by atoms with Crippen LogP contribution in [0.5, 0.6) is 5.75 Å². The van der Waals surface area contributed by atoms with Gasteiger partial charge in [-0.15, -0.1) is 0 Å². The first kappa shape index (κ1) is 14.9. The second kappa shape index (κ2) is 6.75. The van der Waals surface area contributed by atoms with E-state index in [4.69, 9.17) is 10.5 Å². The fourth-order valence-electron chi connectivity index (χ4n) is 2.85. The molecule has 1 amide bonds. The number of nitrogens with zero attached hydrogens (tertiary/aromatic N) is 1. The van der Waals surface area contributed by atoms with E-state index in [1.807, 2.05) is 36.2 Å². The van der Waals surface area contributed by atoms with Gasteiger partial charge in [0, 0.05) is 19.1 Å². The summed E-state index contributed by atoms with van der Waals surface area (Å²) >= 11 is 0. The monoisotopic (exact) mass is 276 g/mol. The van der Waals surface area contributed by atoms with Crippen LogP contribution in [0.25, 0.3) is 0 Å². The SMILES string of the molecule is COc1ccc(CC(=O)N(C)C2CCCCC2N)cc1. The van der Waals surface area contributed by atoms with Crippen molar-refractivity contribution in [3.8, 4) is 5.75 Å². The standard InChI is InChI=1S/C16H24N2O2/c1-18(15-6-4-3-5-14(15)17)16(19)11-12-7-9-13(20-2)10-8-12/h7-10,14-15H,3-6,11,17H2,1-2H3. The number of carbonyl (C=O) groups excluding carboxylic acids is 1. The van der Waals surface area contributed by atoms with Crippen LogP contribution in [0.1, 0.15) is 31.2 Å². The van der Waals surface area contributed by atoms with Crippen LogP contribution in [0.4, 0.5) is 0 Å². The van der Waals surface area contributed by atoms with Gasteiger partial charge in [-0.25, -0.2) is 0 Å². The summed E-state index contributed by atoms with van der Waals surface area (Å²) in [6.45, 7) is 0. The number of nitrogens with two attached hydrogens (primary N) is 1. The fraction of sp³-hybridized carbons (Fsp3) is 0.562. The van der Waals surface area contributed by atoms with Gasteiger partial charge in [-0.3, -0.25) is 4.79 Å². The Kier molecular flexibility index (Phi) is 5.01. The number of ether oxygens (including phenoxy) is 1. The minimum Gasteiger partial charge on any atom is -0.497 e. The third-order valence-corrected chi connectivity index (χ3v) is 4.19. The molecular formula is C16H24N2O2. The molecule has 4 heteroatoms. The van der Waals surface area contributed by atoms with E-state index in [1.165, 1.54) is 12.8 Å². The largest absolute Gasteiger partial charge is 0.497 e. The third-order valence-electron chi connectivity index (χ3n) is 4.19. The molecule has 1 aromatic carbocycles. The second-order valence-corrected chi connectivity index (χ2v) is 5.55. The summed E-state index contributed by atoms with van der Waals surface area (Å²) in [7, 11) is 3.51. The first-order valence-corrected chi connectivity index (χ1v) is 7.26. The number of methoxy groups -OCH3 is 1. The molecule has 0 spiro atoms. The third kappa shape index (κ3) is 3.51. The van der Waals surface area contributed by atoms with Crippen molar-refractivity contribution in [2.45, 2.75) is 44.2 Å². The molecule has 4 nitrogen and oxygen atoms in total. The topological polar surface area (TPSA) is 55.6 Å². The second-order valence-electron chi connectivity index (χ2n) is 5.55. The van der Waals surface area contributed by atoms with E-state index in [2.05, 4.69) is 0 Å². The first-order valence-electron chi connectivity index (χ1n) is 7.26. The summed E-state index contributed by atoms with van der Waals surface area (Å²) in [6.07, 6.45) is 4.80. The molecule has 0 saturated heterocycles. The van der Waals surface area contributed by atoms with Crippen molar-refractivity contribution in [3.63, 3.8) is 0 Å². The van der Waals surface area contributed by atoms with Crippen LogP contribution in [0.3, 0.4) is 0 Å².